The van der Waals surface area contributed by atoms with Crippen LogP contribution in [0.4, 0.5) is 0 Å². The van der Waals surface area contributed by atoms with Crippen LogP contribution < -0.4 is 0 Å². The van der Waals surface area contributed by atoms with Gasteiger partial charge in [-0.3, -0.25) is 4.79 Å². The number of ether oxygens (including phenoxy) is 1. The van der Waals surface area contributed by atoms with Gasteiger partial charge in [0.2, 0.25) is 0 Å². The maximum atomic E-state index is 11.9. The lowest BCUT2D eigenvalue weighted by Gasteiger charge is -2.16. The molecule has 2 rings (SSSR count). The monoisotopic (exact) mass is 264 g/mol. The first-order valence-corrected chi connectivity index (χ1v) is 7.04. The number of Topliss-reactive ketones (excluding diaryl/α,β-unsaturated/α-hetero) is 1. The summed E-state index contributed by atoms with van der Waals surface area (Å²) in [6.45, 7) is 5.34. The van der Waals surface area contributed by atoms with Gasteiger partial charge in [0, 0.05) is 36.5 Å². The molecule has 0 radical (unpaired) electrons. The Bertz CT molecular complexity index is 449. The molecule has 0 atom stereocenters. The topological polar surface area (TPSA) is 34.5 Å². The van der Waals surface area contributed by atoms with Crippen molar-refractivity contribution in [3.63, 3.8) is 0 Å². The van der Waals surface area contributed by atoms with E-state index in [1.807, 2.05) is 20.2 Å². The number of nitrogens with zero attached hydrogens (tertiary/aromatic N) is 2. The Hall–Kier alpha value is -1.13. The quantitative estimate of drug-likeness (QED) is 0.736. The summed E-state index contributed by atoms with van der Waals surface area (Å²) in [4.78, 5) is 14.0. The maximum absolute atomic E-state index is 11.9. The van der Waals surface area contributed by atoms with E-state index in [0.29, 0.717) is 18.8 Å². The minimum Gasteiger partial charge on any atom is -0.378 e. The second kappa shape index (κ2) is 6.35. The van der Waals surface area contributed by atoms with Gasteiger partial charge in [-0.15, -0.1) is 0 Å². The SMILES string of the molecule is Cc1cc2c(n1CCOCCN(C)C)CCCC2=O. The van der Waals surface area contributed by atoms with Crippen molar-refractivity contribution in [2.45, 2.75) is 32.7 Å². The zero-order valence-electron chi connectivity index (χ0n) is 12.2. The molecule has 0 spiro atoms. The normalized spacial score (nSPS) is 15.1. The molecule has 0 amide bonds. The number of aryl methyl sites for hydroxylation is 1. The number of hydrogen-bond donors (Lipinski definition) is 0. The van der Waals surface area contributed by atoms with Crippen molar-refractivity contribution in [1.29, 1.82) is 0 Å². The van der Waals surface area contributed by atoms with E-state index in [1.165, 1.54) is 11.4 Å². The third-order valence-corrected chi connectivity index (χ3v) is 3.68. The van der Waals surface area contributed by atoms with Gasteiger partial charge in [-0.1, -0.05) is 0 Å². The van der Waals surface area contributed by atoms with Gasteiger partial charge in [0.05, 0.1) is 13.2 Å². The molecule has 0 N–H and O–H groups in total. The Balaban J connectivity index is 1.92. The van der Waals surface area contributed by atoms with Crippen molar-refractivity contribution in [1.82, 2.24) is 9.47 Å². The van der Waals surface area contributed by atoms with E-state index >= 15 is 0 Å². The van der Waals surface area contributed by atoms with Gasteiger partial charge in [-0.2, -0.15) is 0 Å². The minimum absolute atomic E-state index is 0.302. The van der Waals surface area contributed by atoms with Crippen LogP contribution in [0.2, 0.25) is 0 Å². The fraction of sp³-hybridized carbons (Fsp3) is 0.667. The summed E-state index contributed by atoms with van der Waals surface area (Å²) in [5.74, 6) is 0.302. The second-order valence-corrected chi connectivity index (χ2v) is 5.49. The second-order valence-electron chi connectivity index (χ2n) is 5.49. The molecule has 0 bridgehead atoms. The molecule has 4 nitrogen and oxygen atoms in total. The summed E-state index contributed by atoms with van der Waals surface area (Å²) in [6, 6.07) is 2.04. The Labute approximate surface area is 115 Å². The third-order valence-electron chi connectivity index (χ3n) is 3.68. The predicted octanol–water partition coefficient (Wildman–Crippen LogP) is 1.89. The summed E-state index contributed by atoms with van der Waals surface area (Å²) in [6.07, 6.45) is 2.71. The first kappa shape index (κ1) is 14.3. The van der Waals surface area contributed by atoms with E-state index in [0.717, 1.165) is 38.1 Å². The van der Waals surface area contributed by atoms with Crippen LogP contribution in [0.1, 0.15) is 34.6 Å². The van der Waals surface area contributed by atoms with E-state index < -0.39 is 0 Å². The molecule has 1 aromatic rings. The number of fused-ring (bicyclic) bond motifs is 1. The largest absolute Gasteiger partial charge is 0.378 e. The number of rotatable bonds is 6. The molecule has 0 saturated heterocycles. The summed E-state index contributed by atoms with van der Waals surface area (Å²) in [5.41, 5.74) is 3.33. The minimum atomic E-state index is 0.302. The van der Waals surface area contributed by atoms with Crippen LogP contribution in [-0.2, 0) is 17.7 Å². The van der Waals surface area contributed by atoms with Crippen molar-refractivity contribution in [3.8, 4) is 0 Å². The predicted molar refractivity (Wildman–Crippen MR) is 75.8 cm³/mol. The summed E-state index contributed by atoms with van der Waals surface area (Å²) < 4.78 is 7.90. The third kappa shape index (κ3) is 3.45. The van der Waals surface area contributed by atoms with Crippen LogP contribution in [0.5, 0.6) is 0 Å². The number of likely N-dealkylation sites (N-methyl/N-ethyl adjacent to an activating group) is 1. The van der Waals surface area contributed by atoms with Crippen LogP contribution in [0, 0.1) is 6.92 Å². The summed E-state index contributed by atoms with van der Waals surface area (Å²) in [5, 5.41) is 0. The Kier molecular flexibility index (Phi) is 4.77. The van der Waals surface area contributed by atoms with Gasteiger partial charge in [0.15, 0.2) is 5.78 Å². The van der Waals surface area contributed by atoms with Crippen LogP contribution in [0.3, 0.4) is 0 Å². The fourth-order valence-electron chi connectivity index (χ4n) is 2.61. The number of aromatic nitrogens is 1. The average Bonchev–Trinajstić information content (AvgIpc) is 2.67. The molecular weight excluding hydrogens is 240 g/mol. The lowest BCUT2D eigenvalue weighted by molar-refractivity contribution is 0.0968. The van der Waals surface area contributed by atoms with E-state index in [2.05, 4.69) is 16.4 Å². The molecule has 1 aliphatic rings. The average molecular weight is 264 g/mol. The lowest BCUT2D eigenvalue weighted by Crippen LogP contribution is -2.20. The first-order chi connectivity index (χ1) is 9.09. The van der Waals surface area contributed by atoms with E-state index in [4.69, 9.17) is 4.74 Å². The van der Waals surface area contributed by atoms with Crippen LogP contribution in [-0.4, -0.2) is 49.1 Å². The van der Waals surface area contributed by atoms with Crippen LogP contribution in [0.25, 0.3) is 0 Å². The highest BCUT2D eigenvalue weighted by molar-refractivity contribution is 5.98. The standard InChI is InChI=1S/C15H24N2O2/c1-12-11-13-14(5-4-6-15(13)18)17(12)8-10-19-9-7-16(2)3/h11H,4-10H2,1-3H3. The molecule has 0 unspecified atom stereocenters. The Morgan fingerprint density at radius 1 is 1.32 bits per heavy atom. The van der Waals surface area contributed by atoms with Crippen molar-refractivity contribution in [2.24, 2.45) is 0 Å². The molecule has 1 aliphatic carbocycles. The molecule has 106 valence electrons. The van der Waals surface area contributed by atoms with Crippen molar-refractivity contribution in [2.75, 3.05) is 33.9 Å². The van der Waals surface area contributed by atoms with Gasteiger partial charge in [-0.05, 0) is 39.9 Å². The highest BCUT2D eigenvalue weighted by Gasteiger charge is 2.22. The van der Waals surface area contributed by atoms with Crippen molar-refractivity contribution >= 4 is 5.78 Å². The molecule has 0 aromatic carbocycles. The summed E-state index contributed by atoms with van der Waals surface area (Å²) in [7, 11) is 4.09. The zero-order valence-corrected chi connectivity index (χ0v) is 12.2. The molecule has 1 heterocycles. The molecule has 0 aliphatic heterocycles. The van der Waals surface area contributed by atoms with Gasteiger partial charge in [-0.25, -0.2) is 0 Å². The van der Waals surface area contributed by atoms with Crippen LogP contribution in [0.15, 0.2) is 6.07 Å². The van der Waals surface area contributed by atoms with E-state index in [1.54, 1.807) is 0 Å². The Morgan fingerprint density at radius 3 is 2.84 bits per heavy atom. The highest BCUT2D eigenvalue weighted by Crippen LogP contribution is 2.24. The molecule has 0 fully saturated rings. The smallest absolute Gasteiger partial charge is 0.164 e. The molecule has 0 saturated carbocycles. The Morgan fingerprint density at radius 2 is 2.11 bits per heavy atom. The number of carbonyl (C=O) groups excluding carboxylic acids is 1. The summed E-state index contributed by atoms with van der Waals surface area (Å²) >= 11 is 0. The maximum Gasteiger partial charge on any atom is 0.164 e. The first-order valence-electron chi connectivity index (χ1n) is 7.04. The van der Waals surface area contributed by atoms with Crippen LogP contribution >= 0.6 is 0 Å². The molecule has 4 heteroatoms. The lowest BCUT2D eigenvalue weighted by atomic mass is 9.97. The van der Waals surface area contributed by atoms with Crippen molar-refractivity contribution < 1.29 is 9.53 Å². The molecular formula is C15H24N2O2. The number of hydrogen-bond acceptors (Lipinski definition) is 3. The number of ketones is 1. The van der Waals surface area contributed by atoms with Gasteiger partial charge >= 0.3 is 0 Å². The van der Waals surface area contributed by atoms with Gasteiger partial charge in [0.25, 0.3) is 0 Å². The number of carbonyl (C=O) groups is 1. The van der Waals surface area contributed by atoms with E-state index in [-0.39, 0.29) is 0 Å². The van der Waals surface area contributed by atoms with Crippen molar-refractivity contribution in [3.05, 3.63) is 23.0 Å². The highest BCUT2D eigenvalue weighted by atomic mass is 16.5. The zero-order chi connectivity index (χ0) is 13.8. The molecule has 1 aromatic heterocycles. The molecule has 19 heavy (non-hydrogen) atoms. The fourth-order valence-corrected chi connectivity index (χ4v) is 2.61. The van der Waals surface area contributed by atoms with Gasteiger partial charge in [0.1, 0.15) is 0 Å². The van der Waals surface area contributed by atoms with Gasteiger partial charge < -0.3 is 14.2 Å². The van der Waals surface area contributed by atoms with E-state index in [9.17, 15) is 4.79 Å².